The molecule has 0 N–H and O–H groups in total. The fraction of sp³-hybridized carbons (Fsp3) is 0.667. The summed E-state index contributed by atoms with van der Waals surface area (Å²) in [6.07, 6.45) is 8.53. The number of likely N-dealkylation sites (tertiary alicyclic amines) is 1. The van der Waals surface area contributed by atoms with E-state index < -0.39 is 0 Å². The summed E-state index contributed by atoms with van der Waals surface area (Å²) in [5, 5.41) is 4.41. The maximum absolute atomic E-state index is 13.5. The molecule has 0 bridgehead atoms. The average Bonchev–Trinajstić information content (AvgIpc) is 3.55. The van der Waals surface area contributed by atoms with Gasteiger partial charge in [-0.1, -0.05) is 33.3 Å². The highest BCUT2D eigenvalue weighted by molar-refractivity contribution is 5.94. The van der Waals surface area contributed by atoms with Gasteiger partial charge in [-0.25, -0.2) is 4.39 Å². The minimum absolute atomic E-state index is 0.0117. The number of hydrogen-bond acceptors (Lipinski definition) is 5. The zero-order valence-electron chi connectivity index (χ0n) is 26.2. The Kier molecular flexibility index (Phi) is 12.4. The highest BCUT2D eigenvalue weighted by atomic mass is 19.1. The zero-order chi connectivity index (χ0) is 30.1. The number of piperidine rings is 1. The lowest BCUT2D eigenvalue weighted by molar-refractivity contribution is -0.133. The van der Waals surface area contributed by atoms with Gasteiger partial charge in [0.25, 0.3) is 0 Å². The molecule has 1 aliphatic heterocycles. The van der Waals surface area contributed by atoms with Crippen molar-refractivity contribution in [2.24, 2.45) is 5.92 Å². The SMILES string of the molecule is CC(=O)c1nn(CC(=O)N2CCC(Oc3cc(F)ccc3C)CC2)c2c1CCC2.CCC(C)CC(C)OC(C)CC. The number of carbonyl (C=O) groups excluding carboxylic acids is 2. The summed E-state index contributed by atoms with van der Waals surface area (Å²) in [5.74, 6) is 1.02. The highest BCUT2D eigenvalue weighted by Crippen LogP contribution is 2.27. The lowest BCUT2D eigenvalue weighted by Gasteiger charge is -2.32. The van der Waals surface area contributed by atoms with E-state index in [2.05, 4.69) is 39.7 Å². The van der Waals surface area contributed by atoms with Crippen LogP contribution < -0.4 is 4.74 Å². The molecule has 1 saturated heterocycles. The number of amides is 1. The number of benzene rings is 1. The molecule has 1 aromatic carbocycles. The van der Waals surface area contributed by atoms with Crippen molar-refractivity contribution in [2.45, 2.75) is 125 Å². The van der Waals surface area contributed by atoms with E-state index in [4.69, 9.17) is 9.47 Å². The molecule has 1 aliphatic carbocycles. The van der Waals surface area contributed by atoms with Gasteiger partial charge >= 0.3 is 0 Å². The van der Waals surface area contributed by atoms with Gasteiger partial charge in [-0.3, -0.25) is 14.3 Å². The van der Waals surface area contributed by atoms with Crippen molar-refractivity contribution in [3.8, 4) is 5.75 Å². The Bertz CT molecular complexity index is 1140. The van der Waals surface area contributed by atoms with Crippen LogP contribution in [0.25, 0.3) is 0 Å². The Hall–Kier alpha value is -2.74. The van der Waals surface area contributed by atoms with Crippen LogP contribution in [-0.2, 0) is 28.9 Å². The van der Waals surface area contributed by atoms with E-state index in [-0.39, 0.29) is 30.2 Å². The molecule has 1 fully saturated rings. The molecule has 8 heteroatoms. The average molecular weight is 572 g/mol. The third-order valence-electron chi connectivity index (χ3n) is 8.33. The molecule has 1 aromatic heterocycles. The van der Waals surface area contributed by atoms with Crippen LogP contribution in [0.1, 0.15) is 107 Å². The van der Waals surface area contributed by atoms with Crippen LogP contribution in [-0.4, -0.2) is 57.8 Å². The Morgan fingerprint density at radius 3 is 2.41 bits per heavy atom. The molecule has 228 valence electrons. The van der Waals surface area contributed by atoms with Gasteiger partial charge in [-0.05, 0) is 70.4 Å². The number of ether oxygens (including phenoxy) is 2. The first kappa shape index (κ1) is 32.8. The van der Waals surface area contributed by atoms with Crippen LogP contribution in [0, 0.1) is 18.7 Å². The van der Waals surface area contributed by atoms with Crippen molar-refractivity contribution >= 4 is 11.7 Å². The van der Waals surface area contributed by atoms with E-state index in [1.165, 1.54) is 31.9 Å². The maximum atomic E-state index is 13.5. The third-order valence-corrected chi connectivity index (χ3v) is 8.33. The number of aryl methyl sites for hydroxylation is 1. The monoisotopic (exact) mass is 571 g/mol. The van der Waals surface area contributed by atoms with E-state index in [0.29, 0.717) is 49.6 Å². The molecule has 0 spiro atoms. The number of carbonyl (C=O) groups is 2. The number of nitrogens with zero attached hydrogens (tertiary/aromatic N) is 3. The van der Waals surface area contributed by atoms with Gasteiger partial charge in [0.1, 0.15) is 29.9 Å². The van der Waals surface area contributed by atoms with Crippen LogP contribution >= 0.6 is 0 Å². The van der Waals surface area contributed by atoms with Crippen molar-refractivity contribution in [1.29, 1.82) is 0 Å². The van der Waals surface area contributed by atoms with Gasteiger partial charge in [0.2, 0.25) is 5.91 Å². The molecule has 1 amide bonds. The second-order valence-electron chi connectivity index (χ2n) is 11.9. The first-order valence-electron chi connectivity index (χ1n) is 15.5. The standard InChI is InChI=1S/C22H26FN3O3.C11H24O/c1-14-6-7-16(23)12-20(14)29-17-8-10-25(11-9-17)21(28)13-26-19-5-3-4-18(19)22(24-26)15(2)27;1-6-9(3)8-11(5)12-10(4)7-2/h6-7,12,17H,3-5,8-11,13H2,1-2H3;9-11H,6-8H2,1-5H3. The third kappa shape index (κ3) is 9.38. The maximum Gasteiger partial charge on any atom is 0.244 e. The molecule has 0 radical (unpaired) electrons. The molecule has 41 heavy (non-hydrogen) atoms. The Morgan fingerprint density at radius 2 is 1.78 bits per heavy atom. The minimum atomic E-state index is -0.310. The van der Waals surface area contributed by atoms with Gasteiger partial charge in [0, 0.05) is 50.2 Å². The number of ketones is 1. The number of rotatable bonds is 11. The van der Waals surface area contributed by atoms with E-state index in [0.717, 1.165) is 48.4 Å². The lowest BCUT2D eigenvalue weighted by atomic mass is 10.0. The predicted octanol–water partition coefficient (Wildman–Crippen LogP) is 6.72. The first-order chi connectivity index (χ1) is 19.5. The van der Waals surface area contributed by atoms with Gasteiger partial charge in [0.15, 0.2) is 5.78 Å². The van der Waals surface area contributed by atoms with Crippen LogP contribution in [0.4, 0.5) is 4.39 Å². The van der Waals surface area contributed by atoms with Crippen molar-refractivity contribution in [3.63, 3.8) is 0 Å². The summed E-state index contributed by atoms with van der Waals surface area (Å²) in [7, 11) is 0. The van der Waals surface area contributed by atoms with Crippen molar-refractivity contribution in [2.75, 3.05) is 13.1 Å². The largest absolute Gasteiger partial charge is 0.490 e. The Balaban J connectivity index is 0.000000327. The number of aromatic nitrogens is 2. The summed E-state index contributed by atoms with van der Waals surface area (Å²) in [5.41, 5.74) is 3.47. The zero-order valence-corrected chi connectivity index (χ0v) is 26.2. The molecule has 2 aliphatic rings. The summed E-state index contributed by atoms with van der Waals surface area (Å²) in [6, 6.07) is 4.55. The Labute approximate surface area is 245 Å². The number of hydrogen-bond donors (Lipinski definition) is 0. The molecular weight excluding hydrogens is 521 g/mol. The van der Waals surface area contributed by atoms with E-state index in [1.54, 1.807) is 10.7 Å². The van der Waals surface area contributed by atoms with Crippen LogP contribution in [0.2, 0.25) is 0 Å². The fourth-order valence-electron chi connectivity index (χ4n) is 5.54. The van der Waals surface area contributed by atoms with Gasteiger partial charge in [-0.15, -0.1) is 0 Å². The molecule has 0 saturated carbocycles. The van der Waals surface area contributed by atoms with Gasteiger partial charge in [-0.2, -0.15) is 5.10 Å². The molecular formula is C33H50FN3O4. The molecule has 7 nitrogen and oxygen atoms in total. The van der Waals surface area contributed by atoms with Crippen molar-refractivity contribution in [1.82, 2.24) is 14.7 Å². The minimum Gasteiger partial charge on any atom is -0.490 e. The number of Topliss-reactive ketones (excluding diaryl/α,β-unsaturated/α-hetero) is 1. The highest BCUT2D eigenvalue weighted by Gasteiger charge is 2.28. The number of halogens is 1. The van der Waals surface area contributed by atoms with Gasteiger partial charge < -0.3 is 14.4 Å². The number of fused-ring (bicyclic) bond motifs is 1. The van der Waals surface area contributed by atoms with Crippen LogP contribution in [0.5, 0.6) is 5.75 Å². The van der Waals surface area contributed by atoms with E-state index >= 15 is 0 Å². The molecule has 2 heterocycles. The summed E-state index contributed by atoms with van der Waals surface area (Å²) >= 11 is 0. The Morgan fingerprint density at radius 1 is 1.07 bits per heavy atom. The van der Waals surface area contributed by atoms with E-state index in [1.807, 2.05) is 11.8 Å². The van der Waals surface area contributed by atoms with Crippen molar-refractivity contribution in [3.05, 3.63) is 46.5 Å². The fourth-order valence-corrected chi connectivity index (χ4v) is 5.54. The van der Waals surface area contributed by atoms with Crippen LogP contribution in [0.15, 0.2) is 18.2 Å². The van der Waals surface area contributed by atoms with Gasteiger partial charge in [0.05, 0.1) is 12.2 Å². The lowest BCUT2D eigenvalue weighted by Crippen LogP contribution is -2.43. The second-order valence-corrected chi connectivity index (χ2v) is 11.9. The van der Waals surface area contributed by atoms with E-state index in [9.17, 15) is 14.0 Å². The molecule has 3 atom stereocenters. The first-order valence-corrected chi connectivity index (χ1v) is 15.5. The summed E-state index contributed by atoms with van der Waals surface area (Å²) < 4.78 is 26.9. The molecule has 2 aromatic rings. The quantitative estimate of drug-likeness (QED) is 0.280. The normalized spacial score (nSPS) is 17.3. The van der Waals surface area contributed by atoms with Crippen LogP contribution in [0.3, 0.4) is 0 Å². The smallest absolute Gasteiger partial charge is 0.244 e. The summed E-state index contributed by atoms with van der Waals surface area (Å²) in [4.78, 5) is 26.5. The molecule has 4 rings (SSSR count). The predicted molar refractivity (Wildman–Crippen MR) is 160 cm³/mol. The topological polar surface area (TPSA) is 73.7 Å². The second kappa shape index (κ2) is 15.5. The van der Waals surface area contributed by atoms with Crippen molar-refractivity contribution < 1.29 is 23.5 Å². The summed E-state index contributed by atoms with van der Waals surface area (Å²) in [6.45, 7) is 15.8. The molecule has 3 unspecified atom stereocenters.